The molecule has 0 radical (unpaired) electrons. The van der Waals surface area contributed by atoms with E-state index in [1.165, 1.54) is 0 Å². The van der Waals surface area contributed by atoms with E-state index in [1.54, 1.807) is 23.5 Å². The Morgan fingerprint density at radius 1 is 1.14 bits per heavy atom. The van der Waals surface area contributed by atoms with Crippen LogP contribution in [0.3, 0.4) is 0 Å². The molecule has 0 saturated carbocycles. The summed E-state index contributed by atoms with van der Waals surface area (Å²) in [6, 6.07) is 16.5. The van der Waals surface area contributed by atoms with E-state index in [-0.39, 0.29) is 0 Å². The molecule has 1 aromatic heterocycles. The lowest BCUT2D eigenvalue weighted by molar-refractivity contribution is 0.215. The quantitative estimate of drug-likeness (QED) is 0.761. The van der Waals surface area contributed by atoms with Gasteiger partial charge in [-0.2, -0.15) is 0 Å². The van der Waals surface area contributed by atoms with Crippen molar-refractivity contribution in [2.75, 3.05) is 5.32 Å². The van der Waals surface area contributed by atoms with Gasteiger partial charge in [-0.15, -0.1) is 11.3 Å². The van der Waals surface area contributed by atoms with Gasteiger partial charge in [0.25, 0.3) is 0 Å². The van der Waals surface area contributed by atoms with Crippen LogP contribution in [-0.4, -0.2) is 11.1 Å². The molecular formula is C17H14N2O2S. The highest BCUT2D eigenvalue weighted by atomic mass is 32.1. The van der Waals surface area contributed by atoms with Gasteiger partial charge < -0.3 is 4.74 Å². The number of benzene rings is 2. The lowest BCUT2D eigenvalue weighted by Crippen LogP contribution is -2.16. The summed E-state index contributed by atoms with van der Waals surface area (Å²) in [6.45, 7) is 1.97. The summed E-state index contributed by atoms with van der Waals surface area (Å²) in [5.74, 6) is 0.506. The molecule has 0 saturated heterocycles. The number of hydrogen-bond donors (Lipinski definition) is 1. The largest absolute Gasteiger partial charge is 0.417 e. The number of amides is 1. The Hall–Kier alpha value is -2.66. The average Bonchev–Trinajstić information content (AvgIpc) is 2.95. The summed E-state index contributed by atoms with van der Waals surface area (Å²) in [7, 11) is 0. The second-order valence-corrected chi connectivity index (χ2v) is 5.72. The van der Waals surface area contributed by atoms with Crippen LogP contribution in [0.15, 0.2) is 60.0 Å². The molecule has 0 aliphatic rings. The number of aryl methyl sites for hydroxylation is 1. The van der Waals surface area contributed by atoms with Crippen LogP contribution in [0.1, 0.15) is 5.01 Å². The number of aromatic nitrogens is 1. The van der Waals surface area contributed by atoms with Crippen LogP contribution in [-0.2, 0) is 0 Å². The van der Waals surface area contributed by atoms with Gasteiger partial charge in [0.05, 0.1) is 10.7 Å². The summed E-state index contributed by atoms with van der Waals surface area (Å²) < 4.78 is 5.20. The summed E-state index contributed by atoms with van der Waals surface area (Å²) in [5, 5.41) is 5.73. The Morgan fingerprint density at radius 3 is 2.68 bits per heavy atom. The van der Waals surface area contributed by atoms with Crippen LogP contribution >= 0.6 is 11.3 Å². The van der Waals surface area contributed by atoms with Crippen LogP contribution in [0.25, 0.3) is 11.3 Å². The monoisotopic (exact) mass is 310 g/mol. The number of nitrogens with zero attached hydrogens (tertiary/aromatic N) is 1. The molecule has 2 aromatic carbocycles. The molecule has 5 heteroatoms. The van der Waals surface area contributed by atoms with Crippen LogP contribution in [0, 0.1) is 6.92 Å². The third-order valence-corrected chi connectivity index (χ3v) is 3.75. The molecule has 110 valence electrons. The second-order valence-electron chi connectivity index (χ2n) is 4.66. The van der Waals surface area contributed by atoms with Crippen molar-refractivity contribution in [2.24, 2.45) is 0 Å². The summed E-state index contributed by atoms with van der Waals surface area (Å²) in [5.41, 5.74) is 2.54. The zero-order valence-corrected chi connectivity index (χ0v) is 12.8. The fraction of sp³-hybridized carbons (Fsp3) is 0.0588. The molecule has 0 unspecified atom stereocenters. The number of carbonyl (C=O) groups is 1. The first-order valence-electron chi connectivity index (χ1n) is 6.77. The standard InChI is InChI=1S/C17H14N2O2S/c1-12-18-16(11-22-12)13-6-5-7-14(10-13)19-17(20)21-15-8-3-2-4-9-15/h2-11H,1H3,(H,19,20). The van der Waals surface area contributed by atoms with E-state index in [2.05, 4.69) is 10.3 Å². The van der Waals surface area contributed by atoms with Crippen molar-refractivity contribution < 1.29 is 9.53 Å². The van der Waals surface area contributed by atoms with Gasteiger partial charge in [-0.25, -0.2) is 9.78 Å². The molecule has 1 heterocycles. The van der Waals surface area contributed by atoms with Gasteiger partial charge in [-0.3, -0.25) is 5.32 Å². The minimum atomic E-state index is -0.516. The predicted octanol–water partition coefficient (Wildman–Crippen LogP) is 4.73. The van der Waals surface area contributed by atoms with Crippen molar-refractivity contribution in [1.82, 2.24) is 4.98 Å². The van der Waals surface area contributed by atoms with Crippen LogP contribution in [0.5, 0.6) is 5.75 Å². The van der Waals surface area contributed by atoms with E-state index in [1.807, 2.05) is 54.8 Å². The lowest BCUT2D eigenvalue weighted by atomic mass is 10.1. The Kier molecular flexibility index (Phi) is 4.16. The first kappa shape index (κ1) is 14.3. The molecule has 0 aliphatic carbocycles. The zero-order chi connectivity index (χ0) is 15.4. The molecule has 1 amide bonds. The summed E-state index contributed by atoms with van der Waals surface area (Å²) >= 11 is 1.60. The maximum atomic E-state index is 11.9. The number of anilines is 1. The molecular weight excluding hydrogens is 296 g/mol. The molecule has 0 fully saturated rings. The summed E-state index contributed by atoms with van der Waals surface area (Å²) in [6.07, 6.45) is -0.516. The third kappa shape index (κ3) is 3.51. The van der Waals surface area contributed by atoms with Gasteiger partial charge in [-0.05, 0) is 31.2 Å². The van der Waals surface area contributed by atoms with Crippen LogP contribution in [0.2, 0.25) is 0 Å². The molecule has 3 aromatic rings. The average molecular weight is 310 g/mol. The minimum absolute atomic E-state index is 0.506. The molecule has 4 nitrogen and oxygen atoms in total. The number of nitrogens with one attached hydrogen (secondary N) is 1. The van der Waals surface area contributed by atoms with Crippen molar-refractivity contribution in [2.45, 2.75) is 6.92 Å². The van der Waals surface area contributed by atoms with Crippen molar-refractivity contribution in [3.63, 3.8) is 0 Å². The van der Waals surface area contributed by atoms with Crippen molar-refractivity contribution in [3.8, 4) is 17.0 Å². The third-order valence-electron chi connectivity index (χ3n) is 2.98. The maximum absolute atomic E-state index is 11.9. The first-order chi connectivity index (χ1) is 10.7. The lowest BCUT2D eigenvalue weighted by Gasteiger charge is -2.07. The second kappa shape index (κ2) is 6.41. The molecule has 0 bridgehead atoms. The number of carbonyl (C=O) groups excluding carboxylic acids is 1. The first-order valence-corrected chi connectivity index (χ1v) is 7.65. The van der Waals surface area contributed by atoms with Crippen molar-refractivity contribution in [1.29, 1.82) is 0 Å². The fourth-order valence-corrected chi connectivity index (χ4v) is 2.61. The maximum Gasteiger partial charge on any atom is 0.417 e. The van der Waals surface area contributed by atoms with Crippen molar-refractivity contribution >= 4 is 23.1 Å². The van der Waals surface area contributed by atoms with E-state index in [0.717, 1.165) is 16.3 Å². The summed E-state index contributed by atoms with van der Waals surface area (Å²) in [4.78, 5) is 16.3. The highest BCUT2D eigenvalue weighted by Crippen LogP contribution is 2.24. The Morgan fingerprint density at radius 2 is 1.95 bits per heavy atom. The number of para-hydroxylation sites is 1. The Balaban J connectivity index is 1.71. The number of hydrogen-bond acceptors (Lipinski definition) is 4. The Bertz CT molecular complexity index is 784. The van der Waals surface area contributed by atoms with Gasteiger partial charge in [0.1, 0.15) is 5.75 Å². The van der Waals surface area contributed by atoms with Gasteiger partial charge in [-0.1, -0.05) is 30.3 Å². The normalized spacial score (nSPS) is 10.2. The smallest absolute Gasteiger partial charge is 0.410 e. The predicted molar refractivity (Wildman–Crippen MR) is 88.4 cm³/mol. The molecule has 0 spiro atoms. The highest BCUT2D eigenvalue weighted by molar-refractivity contribution is 7.09. The van der Waals surface area contributed by atoms with E-state index >= 15 is 0 Å². The molecule has 0 atom stereocenters. The van der Waals surface area contributed by atoms with E-state index in [9.17, 15) is 4.79 Å². The van der Waals surface area contributed by atoms with Crippen molar-refractivity contribution in [3.05, 3.63) is 65.0 Å². The van der Waals surface area contributed by atoms with Gasteiger partial charge in [0.15, 0.2) is 0 Å². The Labute approximate surface area is 132 Å². The van der Waals surface area contributed by atoms with Crippen LogP contribution in [0.4, 0.5) is 10.5 Å². The van der Waals surface area contributed by atoms with E-state index < -0.39 is 6.09 Å². The number of rotatable bonds is 3. The molecule has 22 heavy (non-hydrogen) atoms. The van der Waals surface area contributed by atoms with Gasteiger partial charge >= 0.3 is 6.09 Å². The minimum Gasteiger partial charge on any atom is -0.410 e. The zero-order valence-electron chi connectivity index (χ0n) is 11.9. The van der Waals surface area contributed by atoms with Gasteiger partial charge in [0.2, 0.25) is 0 Å². The van der Waals surface area contributed by atoms with Gasteiger partial charge in [0, 0.05) is 16.6 Å². The number of thiazole rings is 1. The molecule has 0 aliphatic heterocycles. The van der Waals surface area contributed by atoms with E-state index in [4.69, 9.17) is 4.74 Å². The fourth-order valence-electron chi connectivity index (χ4n) is 1.99. The topological polar surface area (TPSA) is 51.2 Å². The highest BCUT2D eigenvalue weighted by Gasteiger charge is 2.07. The molecule has 1 N–H and O–H groups in total. The van der Waals surface area contributed by atoms with E-state index in [0.29, 0.717) is 11.4 Å². The molecule has 3 rings (SSSR count). The van der Waals surface area contributed by atoms with Crippen LogP contribution < -0.4 is 10.1 Å². The SMILES string of the molecule is Cc1nc(-c2cccc(NC(=O)Oc3ccccc3)c2)cs1. The number of ether oxygens (including phenoxy) is 1.